The van der Waals surface area contributed by atoms with E-state index in [1.54, 1.807) is 5.38 Å². The van der Waals surface area contributed by atoms with Crippen molar-refractivity contribution in [2.45, 2.75) is 24.8 Å². The Morgan fingerprint density at radius 1 is 1.47 bits per heavy atom. The summed E-state index contributed by atoms with van der Waals surface area (Å²) in [5.74, 6) is -0.113. The second kappa shape index (κ2) is 5.77. The van der Waals surface area contributed by atoms with Crippen molar-refractivity contribution in [3.63, 3.8) is 0 Å². The quantitative estimate of drug-likeness (QED) is 0.597. The van der Waals surface area contributed by atoms with E-state index in [-0.39, 0.29) is 17.2 Å². The molecule has 1 aliphatic carbocycles. The number of hydrogen-bond acceptors (Lipinski definition) is 5. The highest BCUT2D eigenvalue weighted by Crippen LogP contribution is 2.37. The number of alkyl halides is 1. The first-order chi connectivity index (χ1) is 8.98. The van der Waals surface area contributed by atoms with Crippen molar-refractivity contribution in [1.82, 2.24) is 9.88 Å². The fourth-order valence-corrected chi connectivity index (χ4v) is 3.41. The van der Waals surface area contributed by atoms with E-state index in [1.165, 1.54) is 30.6 Å². The van der Waals surface area contributed by atoms with Crippen molar-refractivity contribution in [2.24, 2.45) is 0 Å². The van der Waals surface area contributed by atoms with Crippen molar-refractivity contribution in [3.8, 4) is 0 Å². The number of halogens is 1. The van der Waals surface area contributed by atoms with Gasteiger partial charge in [-0.05, 0) is 33.4 Å². The molecule has 0 atom stereocenters. The molecular formula is C13H20ClN3OS. The number of likely N-dealkylation sites (N-methyl/N-ethyl adjacent to an activating group) is 2. The lowest BCUT2D eigenvalue weighted by atomic mass is 9.75. The topological polar surface area (TPSA) is 36.4 Å². The van der Waals surface area contributed by atoms with Gasteiger partial charge in [-0.3, -0.25) is 4.79 Å². The van der Waals surface area contributed by atoms with E-state index in [4.69, 9.17) is 11.6 Å². The average molecular weight is 302 g/mol. The van der Waals surface area contributed by atoms with Crippen LogP contribution in [-0.2, 0) is 0 Å². The van der Waals surface area contributed by atoms with E-state index in [0.29, 0.717) is 5.69 Å². The Hall–Kier alpha value is -0.650. The second-order valence-corrected chi connectivity index (χ2v) is 6.50. The third-order valence-corrected chi connectivity index (χ3v) is 5.19. The van der Waals surface area contributed by atoms with Crippen molar-refractivity contribution >= 4 is 33.9 Å². The van der Waals surface area contributed by atoms with E-state index in [2.05, 4.69) is 28.9 Å². The highest BCUT2D eigenvalue weighted by molar-refractivity contribution is 7.13. The van der Waals surface area contributed by atoms with Crippen molar-refractivity contribution < 1.29 is 4.79 Å². The minimum atomic E-state index is -0.108. The molecule has 0 N–H and O–H groups in total. The maximum absolute atomic E-state index is 11.5. The van der Waals surface area contributed by atoms with Crippen LogP contribution in [0.4, 0.5) is 5.13 Å². The number of ketones is 1. The normalized spacial score (nSPS) is 17.3. The highest BCUT2D eigenvalue weighted by Gasteiger charge is 2.40. The van der Waals surface area contributed by atoms with Crippen LogP contribution in [0.1, 0.15) is 29.8 Å². The first kappa shape index (κ1) is 14.8. The van der Waals surface area contributed by atoms with Gasteiger partial charge in [0.2, 0.25) is 0 Å². The van der Waals surface area contributed by atoms with Gasteiger partial charge in [-0.15, -0.1) is 22.9 Å². The minimum Gasteiger partial charge on any atom is -0.349 e. The highest BCUT2D eigenvalue weighted by atomic mass is 35.5. The van der Waals surface area contributed by atoms with Gasteiger partial charge in [0.1, 0.15) is 5.69 Å². The molecule has 0 radical (unpaired) electrons. The zero-order chi connectivity index (χ0) is 14.0. The number of thiazole rings is 1. The summed E-state index contributed by atoms with van der Waals surface area (Å²) in [6, 6.07) is 0. The van der Waals surface area contributed by atoms with Gasteiger partial charge in [0, 0.05) is 24.5 Å². The van der Waals surface area contributed by atoms with Crippen LogP contribution < -0.4 is 4.90 Å². The summed E-state index contributed by atoms with van der Waals surface area (Å²) in [5, 5.41) is 2.68. The lowest BCUT2D eigenvalue weighted by Crippen LogP contribution is -2.56. The number of carbonyl (C=O) groups is 1. The van der Waals surface area contributed by atoms with E-state index in [1.807, 2.05) is 7.05 Å². The number of Topliss-reactive ketones (excluding diaryl/α,β-unsaturated/α-hetero) is 1. The molecule has 0 unspecified atom stereocenters. The Morgan fingerprint density at radius 2 is 2.16 bits per heavy atom. The van der Waals surface area contributed by atoms with Crippen LogP contribution >= 0.6 is 22.9 Å². The number of hydrogen-bond donors (Lipinski definition) is 0. The predicted octanol–water partition coefficient (Wildman–Crippen LogP) is 2.49. The van der Waals surface area contributed by atoms with E-state index in [0.717, 1.165) is 11.7 Å². The SMILES string of the molecule is CN(CC1(N(C)C)CCC1)c1nc(C(=O)CCl)cs1. The Labute approximate surface area is 123 Å². The number of nitrogens with zero attached hydrogens (tertiary/aromatic N) is 3. The molecule has 0 aliphatic heterocycles. The van der Waals surface area contributed by atoms with Crippen LogP contribution in [0.5, 0.6) is 0 Å². The number of carbonyl (C=O) groups excluding carboxylic acids is 1. The molecule has 19 heavy (non-hydrogen) atoms. The number of rotatable bonds is 6. The smallest absolute Gasteiger partial charge is 0.196 e. The molecule has 1 aliphatic rings. The molecular weight excluding hydrogens is 282 g/mol. The maximum atomic E-state index is 11.5. The zero-order valence-electron chi connectivity index (χ0n) is 11.6. The minimum absolute atomic E-state index is 0.00543. The molecule has 1 aromatic rings. The molecule has 106 valence electrons. The van der Waals surface area contributed by atoms with Gasteiger partial charge in [0.15, 0.2) is 10.9 Å². The summed E-state index contributed by atoms with van der Waals surface area (Å²) < 4.78 is 0. The first-order valence-corrected chi connectivity index (χ1v) is 7.83. The van der Waals surface area contributed by atoms with Gasteiger partial charge in [-0.25, -0.2) is 4.98 Å². The van der Waals surface area contributed by atoms with Crippen LogP contribution in [0.15, 0.2) is 5.38 Å². The summed E-state index contributed by atoms with van der Waals surface area (Å²) in [6.45, 7) is 0.946. The summed E-state index contributed by atoms with van der Waals surface area (Å²) in [5.41, 5.74) is 0.742. The van der Waals surface area contributed by atoms with E-state index >= 15 is 0 Å². The van der Waals surface area contributed by atoms with Crippen LogP contribution in [0.25, 0.3) is 0 Å². The monoisotopic (exact) mass is 301 g/mol. The average Bonchev–Trinajstić information content (AvgIpc) is 2.81. The molecule has 0 saturated heterocycles. The number of anilines is 1. The standard InChI is InChI=1S/C13H20ClN3OS/c1-16(2)13(5-4-6-13)9-17(3)12-15-10(8-19-12)11(18)7-14/h8H,4-7,9H2,1-3H3. The first-order valence-electron chi connectivity index (χ1n) is 6.42. The van der Waals surface area contributed by atoms with E-state index < -0.39 is 0 Å². The van der Waals surface area contributed by atoms with E-state index in [9.17, 15) is 4.79 Å². The largest absolute Gasteiger partial charge is 0.349 e. The van der Waals surface area contributed by atoms with Crippen molar-refractivity contribution in [2.75, 3.05) is 38.5 Å². The fourth-order valence-electron chi connectivity index (χ4n) is 2.48. The fraction of sp³-hybridized carbons (Fsp3) is 0.692. The zero-order valence-corrected chi connectivity index (χ0v) is 13.2. The molecule has 2 rings (SSSR count). The Balaban J connectivity index is 2.05. The third kappa shape index (κ3) is 2.93. The molecule has 6 heteroatoms. The van der Waals surface area contributed by atoms with Crippen LogP contribution in [0.2, 0.25) is 0 Å². The van der Waals surface area contributed by atoms with Crippen LogP contribution in [-0.4, -0.2) is 54.8 Å². The Morgan fingerprint density at radius 3 is 2.63 bits per heavy atom. The molecule has 1 aromatic heterocycles. The summed E-state index contributed by atoms with van der Waals surface area (Å²) >= 11 is 7.05. The van der Waals surface area contributed by atoms with Gasteiger partial charge >= 0.3 is 0 Å². The predicted molar refractivity (Wildman–Crippen MR) is 80.7 cm³/mol. The lowest BCUT2D eigenvalue weighted by molar-refractivity contribution is 0.0683. The summed E-state index contributed by atoms with van der Waals surface area (Å²) in [7, 11) is 6.31. The molecule has 1 heterocycles. The number of aromatic nitrogens is 1. The molecule has 0 bridgehead atoms. The molecule has 4 nitrogen and oxygen atoms in total. The maximum Gasteiger partial charge on any atom is 0.196 e. The van der Waals surface area contributed by atoms with Crippen LogP contribution in [0, 0.1) is 0 Å². The third-order valence-electron chi connectivity index (χ3n) is 3.99. The van der Waals surface area contributed by atoms with Gasteiger partial charge in [-0.2, -0.15) is 0 Å². The second-order valence-electron chi connectivity index (χ2n) is 5.40. The Bertz CT molecular complexity index is 456. The molecule has 1 fully saturated rings. The van der Waals surface area contributed by atoms with Crippen molar-refractivity contribution in [3.05, 3.63) is 11.1 Å². The summed E-state index contributed by atoms with van der Waals surface area (Å²) in [4.78, 5) is 20.3. The van der Waals surface area contributed by atoms with Gasteiger partial charge < -0.3 is 9.80 Å². The molecule has 1 saturated carbocycles. The van der Waals surface area contributed by atoms with Crippen LogP contribution in [0.3, 0.4) is 0 Å². The summed E-state index contributed by atoms with van der Waals surface area (Å²) in [6.07, 6.45) is 3.74. The Kier molecular flexibility index (Phi) is 4.48. The molecule has 0 spiro atoms. The molecule has 0 amide bonds. The van der Waals surface area contributed by atoms with Gasteiger partial charge in [0.25, 0.3) is 0 Å². The van der Waals surface area contributed by atoms with Crippen molar-refractivity contribution in [1.29, 1.82) is 0 Å². The van der Waals surface area contributed by atoms with Gasteiger partial charge in [-0.1, -0.05) is 0 Å². The lowest BCUT2D eigenvalue weighted by Gasteiger charge is -2.49. The molecule has 0 aromatic carbocycles. The van der Waals surface area contributed by atoms with Gasteiger partial charge in [0.05, 0.1) is 5.88 Å².